The molecule has 0 atom stereocenters. The van der Waals surface area contributed by atoms with Crippen LogP contribution < -0.4 is 10.6 Å². The molecule has 1 aromatic heterocycles. The predicted octanol–water partition coefficient (Wildman–Crippen LogP) is 2.34. The third-order valence-corrected chi connectivity index (χ3v) is 2.82. The van der Waals surface area contributed by atoms with Crippen LogP contribution in [-0.4, -0.2) is 35.7 Å². The van der Waals surface area contributed by atoms with Crippen molar-refractivity contribution in [2.24, 2.45) is 10.9 Å². The predicted molar refractivity (Wildman–Crippen MR) is 85.5 cm³/mol. The van der Waals surface area contributed by atoms with Gasteiger partial charge in [-0.05, 0) is 19.3 Å². The molecule has 120 valence electrons. The molecule has 0 aliphatic rings. The van der Waals surface area contributed by atoms with Crippen LogP contribution in [0.5, 0.6) is 0 Å². The molecule has 0 spiro atoms. The largest absolute Gasteiger partial charge is 0.357 e. The fourth-order valence-corrected chi connectivity index (χ4v) is 1.67. The number of hydrogen-bond acceptors (Lipinski definition) is 4. The van der Waals surface area contributed by atoms with E-state index in [1.165, 1.54) is 0 Å². The molecular formula is C15H29N5O. The number of aryl methyl sites for hydroxylation is 1. The fourth-order valence-electron chi connectivity index (χ4n) is 1.67. The molecule has 0 saturated carbocycles. The number of nitrogens with one attached hydrogen (secondary N) is 2. The van der Waals surface area contributed by atoms with Gasteiger partial charge < -0.3 is 15.2 Å². The highest BCUT2D eigenvalue weighted by molar-refractivity contribution is 5.79. The van der Waals surface area contributed by atoms with Crippen molar-refractivity contribution in [3.63, 3.8) is 0 Å². The summed E-state index contributed by atoms with van der Waals surface area (Å²) in [5.74, 6) is 3.24. The van der Waals surface area contributed by atoms with E-state index in [1.54, 1.807) is 0 Å². The number of nitrogens with zero attached hydrogens (tertiary/aromatic N) is 3. The third-order valence-electron chi connectivity index (χ3n) is 2.82. The van der Waals surface area contributed by atoms with E-state index in [-0.39, 0.29) is 0 Å². The van der Waals surface area contributed by atoms with Crippen molar-refractivity contribution in [3.05, 3.63) is 11.7 Å². The minimum absolute atomic E-state index is 0.309. The molecule has 0 unspecified atom stereocenters. The van der Waals surface area contributed by atoms with Crippen molar-refractivity contribution >= 4 is 5.96 Å². The molecule has 1 heterocycles. The van der Waals surface area contributed by atoms with Crippen LogP contribution in [-0.2, 0) is 6.42 Å². The first-order chi connectivity index (χ1) is 10.0. The lowest BCUT2D eigenvalue weighted by atomic mass is 10.2. The van der Waals surface area contributed by atoms with Crippen LogP contribution in [0.25, 0.3) is 0 Å². The lowest BCUT2D eigenvalue weighted by Gasteiger charge is -2.11. The van der Waals surface area contributed by atoms with Gasteiger partial charge in [0.15, 0.2) is 11.8 Å². The van der Waals surface area contributed by atoms with Crippen molar-refractivity contribution < 1.29 is 4.52 Å². The zero-order valence-corrected chi connectivity index (χ0v) is 13.9. The number of aromatic nitrogens is 2. The van der Waals surface area contributed by atoms with Crippen LogP contribution in [0.2, 0.25) is 0 Å². The zero-order valence-electron chi connectivity index (χ0n) is 13.9. The van der Waals surface area contributed by atoms with Gasteiger partial charge in [-0.25, -0.2) is 0 Å². The molecule has 1 rings (SSSR count). The maximum atomic E-state index is 5.22. The van der Waals surface area contributed by atoms with Crippen molar-refractivity contribution in [1.82, 2.24) is 20.8 Å². The SMILES string of the molecule is CCNC(=NCC(C)C)NCCCc1nc(C(C)C)no1. The van der Waals surface area contributed by atoms with Gasteiger partial charge in [-0.1, -0.05) is 32.9 Å². The normalized spacial score (nSPS) is 12.2. The second-order valence-corrected chi connectivity index (χ2v) is 5.84. The summed E-state index contributed by atoms with van der Waals surface area (Å²) in [6, 6.07) is 0. The van der Waals surface area contributed by atoms with Gasteiger partial charge in [0.25, 0.3) is 0 Å². The van der Waals surface area contributed by atoms with Gasteiger partial charge in [-0.15, -0.1) is 0 Å². The van der Waals surface area contributed by atoms with Crippen molar-refractivity contribution in [2.45, 2.75) is 53.4 Å². The second kappa shape index (κ2) is 9.37. The third kappa shape index (κ3) is 7.11. The summed E-state index contributed by atoms with van der Waals surface area (Å²) in [5.41, 5.74) is 0. The number of guanidine groups is 1. The Morgan fingerprint density at radius 2 is 2.00 bits per heavy atom. The molecule has 6 nitrogen and oxygen atoms in total. The Morgan fingerprint density at radius 3 is 2.57 bits per heavy atom. The fraction of sp³-hybridized carbons (Fsp3) is 0.800. The van der Waals surface area contributed by atoms with Crippen molar-refractivity contribution in [2.75, 3.05) is 19.6 Å². The first-order valence-electron chi connectivity index (χ1n) is 7.87. The molecule has 1 aromatic rings. The minimum atomic E-state index is 0.309. The summed E-state index contributed by atoms with van der Waals surface area (Å²) in [6.45, 7) is 13.0. The van der Waals surface area contributed by atoms with Crippen LogP contribution in [0.3, 0.4) is 0 Å². The topological polar surface area (TPSA) is 75.3 Å². The number of hydrogen-bond donors (Lipinski definition) is 2. The Labute approximate surface area is 127 Å². The number of rotatable bonds is 8. The first-order valence-corrected chi connectivity index (χ1v) is 7.87. The highest BCUT2D eigenvalue weighted by Gasteiger charge is 2.09. The molecular weight excluding hydrogens is 266 g/mol. The Balaban J connectivity index is 2.31. The van der Waals surface area contributed by atoms with Crippen molar-refractivity contribution in [1.29, 1.82) is 0 Å². The van der Waals surface area contributed by atoms with Gasteiger partial charge in [0.05, 0.1) is 0 Å². The minimum Gasteiger partial charge on any atom is -0.357 e. The monoisotopic (exact) mass is 295 g/mol. The average Bonchev–Trinajstić information content (AvgIpc) is 2.89. The van der Waals surface area contributed by atoms with E-state index in [1.807, 2.05) is 0 Å². The van der Waals surface area contributed by atoms with Crippen LogP contribution in [0.15, 0.2) is 9.52 Å². The molecule has 0 saturated heterocycles. The molecule has 2 N–H and O–H groups in total. The molecule has 0 aliphatic heterocycles. The summed E-state index contributed by atoms with van der Waals surface area (Å²) in [5, 5.41) is 10.5. The van der Waals surface area contributed by atoms with Gasteiger partial charge >= 0.3 is 0 Å². The second-order valence-electron chi connectivity index (χ2n) is 5.84. The highest BCUT2D eigenvalue weighted by Crippen LogP contribution is 2.10. The van der Waals surface area contributed by atoms with Crippen LogP contribution >= 0.6 is 0 Å². The van der Waals surface area contributed by atoms with Gasteiger partial charge in [0.2, 0.25) is 5.89 Å². The van der Waals surface area contributed by atoms with Gasteiger partial charge in [0.1, 0.15) is 0 Å². The van der Waals surface area contributed by atoms with E-state index >= 15 is 0 Å². The average molecular weight is 295 g/mol. The van der Waals surface area contributed by atoms with Crippen LogP contribution in [0.1, 0.15) is 58.7 Å². The summed E-state index contributed by atoms with van der Waals surface area (Å²) in [7, 11) is 0. The molecule has 0 aliphatic carbocycles. The van der Waals surface area contributed by atoms with Gasteiger partial charge in [0, 0.05) is 32.0 Å². The summed E-state index contributed by atoms with van der Waals surface area (Å²) < 4.78 is 5.22. The Morgan fingerprint density at radius 1 is 1.24 bits per heavy atom. The van der Waals surface area contributed by atoms with E-state index in [0.29, 0.717) is 17.7 Å². The summed E-state index contributed by atoms with van der Waals surface area (Å²) in [6.07, 6.45) is 1.72. The molecule has 0 bridgehead atoms. The van der Waals surface area contributed by atoms with Crippen molar-refractivity contribution in [3.8, 4) is 0 Å². The molecule has 21 heavy (non-hydrogen) atoms. The summed E-state index contributed by atoms with van der Waals surface area (Å²) in [4.78, 5) is 8.90. The molecule has 0 fully saturated rings. The van der Waals surface area contributed by atoms with Gasteiger partial charge in [-0.2, -0.15) is 4.98 Å². The van der Waals surface area contributed by atoms with E-state index in [2.05, 4.69) is 60.4 Å². The van der Waals surface area contributed by atoms with Crippen LogP contribution in [0, 0.1) is 5.92 Å². The van der Waals surface area contributed by atoms with E-state index in [4.69, 9.17) is 4.52 Å². The van der Waals surface area contributed by atoms with E-state index in [9.17, 15) is 0 Å². The molecule has 0 aromatic carbocycles. The number of aliphatic imine (C=N–C) groups is 1. The standard InChI is InChI=1S/C15H29N5O/c1-6-16-15(18-10-11(2)3)17-9-7-8-13-19-14(12(4)5)20-21-13/h11-12H,6-10H2,1-5H3,(H2,16,17,18). The lowest BCUT2D eigenvalue weighted by molar-refractivity contribution is 0.368. The summed E-state index contributed by atoms with van der Waals surface area (Å²) >= 11 is 0. The Bertz CT molecular complexity index is 425. The smallest absolute Gasteiger partial charge is 0.226 e. The van der Waals surface area contributed by atoms with Gasteiger partial charge in [-0.3, -0.25) is 4.99 Å². The Kier molecular flexibility index (Phi) is 7.79. The quantitative estimate of drug-likeness (QED) is 0.437. The lowest BCUT2D eigenvalue weighted by Crippen LogP contribution is -2.38. The Hall–Kier alpha value is -1.59. The maximum absolute atomic E-state index is 5.22. The molecule has 0 radical (unpaired) electrons. The molecule has 0 amide bonds. The van der Waals surface area contributed by atoms with E-state index in [0.717, 1.165) is 44.3 Å². The zero-order chi connectivity index (χ0) is 15.7. The van der Waals surface area contributed by atoms with E-state index < -0.39 is 0 Å². The van der Waals surface area contributed by atoms with Crippen LogP contribution in [0.4, 0.5) is 0 Å². The first kappa shape index (κ1) is 17.5. The highest BCUT2D eigenvalue weighted by atomic mass is 16.5. The molecule has 6 heteroatoms. The maximum Gasteiger partial charge on any atom is 0.226 e.